The van der Waals surface area contributed by atoms with Gasteiger partial charge in [-0.15, -0.1) is 0 Å². The van der Waals surface area contributed by atoms with Crippen LogP contribution in [0.3, 0.4) is 0 Å². The molecule has 122 valence electrons. The summed E-state index contributed by atoms with van der Waals surface area (Å²) in [4.78, 5) is 36.9. The molecule has 23 heavy (non-hydrogen) atoms. The first-order valence-electron chi connectivity index (χ1n) is 7.31. The molecule has 1 aromatic carbocycles. The highest BCUT2D eigenvalue weighted by Gasteiger charge is 2.29. The Morgan fingerprint density at radius 3 is 2.87 bits per heavy atom. The van der Waals surface area contributed by atoms with Gasteiger partial charge in [-0.3, -0.25) is 14.2 Å². The van der Waals surface area contributed by atoms with Gasteiger partial charge < -0.3 is 15.1 Å². The van der Waals surface area contributed by atoms with Gasteiger partial charge in [0.25, 0.3) is 0 Å². The third kappa shape index (κ3) is 3.10. The van der Waals surface area contributed by atoms with Gasteiger partial charge in [-0.2, -0.15) is 0 Å². The van der Waals surface area contributed by atoms with Crippen LogP contribution in [0.15, 0.2) is 27.4 Å². The summed E-state index contributed by atoms with van der Waals surface area (Å²) in [5.74, 6) is -1.29. The summed E-state index contributed by atoms with van der Waals surface area (Å²) < 4.78 is 6.53. The number of fused-ring (bicyclic) bond motifs is 1. The molecule has 8 heteroatoms. The fourth-order valence-corrected chi connectivity index (χ4v) is 3.00. The Hall–Kier alpha value is -2.28. The Labute approximate surface area is 136 Å². The lowest BCUT2D eigenvalue weighted by atomic mass is 10.1. The van der Waals surface area contributed by atoms with Crippen LogP contribution in [-0.4, -0.2) is 34.4 Å². The maximum Gasteiger partial charge on any atom is 0.419 e. The number of halogens is 1. The molecule has 0 saturated carbocycles. The SMILES string of the molecule is NC(=O)[C@H]1CCN(C(=O)CCn2c(=O)oc3cc(Cl)ccc32)C1. The maximum absolute atomic E-state index is 12.2. The van der Waals surface area contributed by atoms with Crippen molar-refractivity contribution < 1.29 is 14.0 Å². The monoisotopic (exact) mass is 337 g/mol. The van der Waals surface area contributed by atoms with Gasteiger partial charge >= 0.3 is 5.76 Å². The fourth-order valence-electron chi connectivity index (χ4n) is 2.84. The fraction of sp³-hybridized carbons (Fsp3) is 0.400. The van der Waals surface area contributed by atoms with Crippen molar-refractivity contribution in [3.8, 4) is 0 Å². The summed E-state index contributed by atoms with van der Waals surface area (Å²) in [5.41, 5.74) is 6.25. The number of likely N-dealkylation sites (tertiary alicyclic amines) is 1. The molecule has 0 spiro atoms. The number of aryl methyl sites for hydroxylation is 1. The Morgan fingerprint density at radius 1 is 1.39 bits per heavy atom. The molecule has 0 bridgehead atoms. The minimum absolute atomic E-state index is 0.107. The average molecular weight is 338 g/mol. The predicted molar refractivity (Wildman–Crippen MR) is 84.0 cm³/mol. The molecule has 1 fully saturated rings. The number of hydrogen-bond acceptors (Lipinski definition) is 4. The number of carbonyl (C=O) groups excluding carboxylic acids is 2. The number of nitrogens with zero attached hydrogens (tertiary/aromatic N) is 2. The molecule has 0 aliphatic carbocycles. The van der Waals surface area contributed by atoms with Crippen molar-refractivity contribution in [2.24, 2.45) is 11.7 Å². The van der Waals surface area contributed by atoms with Crippen LogP contribution in [-0.2, 0) is 16.1 Å². The Kier molecular flexibility index (Phi) is 4.12. The minimum atomic E-state index is -0.522. The van der Waals surface area contributed by atoms with E-state index in [0.29, 0.717) is 35.6 Å². The molecule has 0 radical (unpaired) electrons. The molecule has 2 heterocycles. The number of oxazole rings is 1. The van der Waals surface area contributed by atoms with E-state index in [1.165, 1.54) is 4.57 Å². The third-order valence-corrected chi connectivity index (χ3v) is 4.36. The Bertz CT molecular complexity index is 826. The zero-order valence-corrected chi connectivity index (χ0v) is 13.1. The van der Waals surface area contributed by atoms with Gasteiger partial charge in [0.2, 0.25) is 11.8 Å². The molecule has 1 aliphatic rings. The van der Waals surface area contributed by atoms with E-state index in [1.54, 1.807) is 23.1 Å². The molecule has 3 rings (SSSR count). The van der Waals surface area contributed by atoms with E-state index >= 15 is 0 Å². The summed E-state index contributed by atoms with van der Waals surface area (Å²) in [5, 5.41) is 0.476. The highest BCUT2D eigenvalue weighted by atomic mass is 35.5. The zero-order valence-electron chi connectivity index (χ0n) is 12.3. The average Bonchev–Trinajstić information content (AvgIpc) is 3.09. The number of hydrogen-bond donors (Lipinski definition) is 1. The standard InChI is InChI=1S/C15H16ClN3O4/c16-10-1-2-11-12(7-10)23-15(22)19(11)6-4-13(20)18-5-3-9(8-18)14(17)21/h1-2,7,9H,3-6,8H2,(H2,17,21)/t9-/m0/s1. The van der Waals surface area contributed by atoms with Gasteiger partial charge in [0.05, 0.1) is 11.4 Å². The lowest BCUT2D eigenvalue weighted by Crippen LogP contribution is -2.32. The molecule has 0 unspecified atom stereocenters. The minimum Gasteiger partial charge on any atom is -0.408 e. The largest absolute Gasteiger partial charge is 0.419 e. The van der Waals surface area contributed by atoms with Crippen molar-refractivity contribution in [3.05, 3.63) is 33.8 Å². The third-order valence-electron chi connectivity index (χ3n) is 4.12. The maximum atomic E-state index is 12.2. The van der Waals surface area contributed by atoms with Crippen molar-refractivity contribution in [2.75, 3.05) is 13.1 Å². The first-order valence-corrected chi connectivity index (χ1v) is 7.69. The summed E-state index contributed by atoms with van der Waals surface area (Å²) in [6.45, 7) is 1.08. The summed E-state index contributed by atoms with van der Waals surface area (Å²) in [6, 6.07) is 4.91. The van der Waals surface area contributed by atoms with E-state index in [0.717, 1.165) is 0 Å². The van der Waals surface area contributed by atoms with Crippen molar-refractivity contribution in [1.82, 2.24) is 9.47 Å². The van der Waals surface area contributed by atoms with Crippen molar-refractivity contribution in [2.45, 2.75) is 19.4 Å². The molecule has 1 aromatic heterocycles. The van der Waals surface area contributed by atoms with E-state index in [2.05, 4.69) is 0 Å². The molecule has 1 aliphatic heterocycles. The number of benzene rings is 1. The lowest BCUT2D eigenvalue weighted by molar-refractivity contribution is -0.130. The number of amides is 2. The highest BCUT2D eigenvalue weighted by molar-refractivity contribution is 6.31. The second kappa shape index (κ2) is 6.08. The second-order valence-electron chi connectivity index (χ2n) is 5.61. The van der Waals surface area contributed by atoms with E-state index < -0.39 is 5.76 Å². The van der Waals surface area contributed by atoms with Gasteiger partial charge in [-0.25, -0.2) is 4.79 Å². The topological polar surface area (TPSA) is 98.5 Å². The second-order valence-corrected chi connectivity index (χ2v) is 6.05. The molecule has 2 N–H and O–H groups in total. The number of carbonyl (C=O) groups is 2. The van der Waals surface area contributed by atoms with Crippen LogP contribution in [0.5, 0.6) is 0 Å². The van der Waals surface area contributed by atoms with Crippen LogP contribution in [0, 0.1) is 5.92 Å². The van der Waals surface area contributed by atoms with Crippen LogP contribution >= 0.6 is 11.6 Å². The molecular formula is C15H16ClN3O4. The summed E-state index contributed by atoms with van der Waals surface area (Å²) >= 11 is 5.86. The van der Waals surface area contributed by atoms with Gasteiger partial charge in [0.15, 0.2) is 5.58 Å². The number of primary amides is 1. The quantitative estimate of drug-likeness (QED) is 0.898. The van der Waals surface area contributed by atoms with Crippen molar-refractivity contribution in [3.63, 3.8) is 0 Å². The first-order chi connectivity index (χ1) is 11.0. The van der Waals surface area contributed by atoms with Crippen LogP contribution in [0.2, 0.25) is 5.02 Å². The normalized spacial score (nSPS) is 17.8. The van der Waals surface area contributed by atoms with E-state index in [1.807, 2.05) is 0 Å². The van der Waals surface area contributed by atoms with E-state index in [-0.39, 0.29) is 30.7 Å². The summed E-state index contributed by atoms with van der Waals surface area (Å²) in [7, 11) is 0. The number of rotatable bonds is 4. The van der Waals surface area contributed by atoms with Gasteiger partial charge in [0, 0.05) is 37.1 Å². The Balaban J connectivity index is 1.69. The molecule has 2 aromatic rings. The molecular weight excluding hydrogens is 322 g/mol. The van der Waals surface area contributed by atoms with Crippen LogP contribution in [0.4, 0.5) is 0 Å². The number of aromatic nitrogens is 1. The van der Waals surface area contributed by atoms with Crippen LogP contribution < -0.4 is 11.5 Å². The predicted octanol–water partition coefficient (Wildman–Crippen LogP) is 0.972. The van der Waals surface area contributed by atoms with Gasteiger partial charge in [-0.05, 0) is 18.6 Å². The van der Waals surface area contributed by atoms with E-state index in [9.17, 15) is 14.4 Å². The molecule has 1 saturated heterocycles. The first kappa shape index (κ1) is 15.6. The van der Waals surface area contributed by atoms with Crippen LogP contribution in [0.25, 0.3) is 11.1 Å². The van der Waals surface area contributed by atoms with Crippen LogP contribution in [0.1, 0.15) is 12.8 Å². The highest BCUT2D eigenvalue weighted by Crippen LogP contribution is 2.20. The lowest BCUT2D eigenvalue weighted by Gasteiger charge is -2.15. The Morgan fingerprint density at radius 2 is 2.17 bits per heavy atom. The van der Waals surface area contributed by atoms with Crippen molar-refractivity contribution in [1.29, 1.82) is 0 Å². The summed E-state index contributed by atoms with van der Waals surface area (Å²) in [6.07, 6.45) is 0.747. The molecule has 2 amide bonds. The zero-order chi connectivity index (χ0) is 16.6. The van der Waals surface area contributed by atoms with E-state index in [4.69, 9.17) is 21.8 Å². The smallest absolute Gasteiger partial charge is 0.408 e. The van der Waals surface area contributed by atoms with Gasteiger partial charge in [0.1, 0.15) is 0 Å². The van der Waals surface area contributed by atoms with Crippen molar-refractivity contribution >= 4 is 34.5 Å². The molecule has 7 nitrogen and oxygen atoms in total. The van der Waals surface area contributed by atoms with Gasteiger partial charge in [-0.1, -0.05) is 11.6 Å². The number of nitrogens with two attached hydrogens (primary N) is 1. The molecule has 1 atom stereocenters.